The van der Waals surface area contributed by atoms with Crippen molar-refractivity contribution in [3.8, 4) is 5.69 Å². The number of amides is 1. The third-order valence-electron chi connectivity index (χ3n) is 4.48. The van der Waals surface area contributed by atoms with E-state index in [1.807, 2.05) is 25.1 Å². The van der Waals surface area contributed by atoms with Crippen LogP contribution in [0, 0.1) is 12.7 Å². The van der Waals surface area contributed by atoms with Crippen LogP contribution in [-0.4, -0.2) is 33.2 Å². The number of benzene rings is 2. The Balaban J connectivity index is 1.72. The Bertz CT molecular complexity index is 919. The molecular weight excluding hydrogens is 355 g/mol. The van der Waals surface area contributed by atoms with Crippen molar-refractivity contribution in [2.24, 2.45) is 0 Å². The molecule has 6 heteroatoms. The molecule has 5 nitrogen and oxygen atoms in total. The van der Waals surface area contributed by atoms with E-state index in [0.717, 1.165) is 11.3 Å². The maximum Gasteiger partial charge on any atom is 0.239 e. The quantitative estimate of drug-likeness (QED) is 0.669. The van der Waals surface area contributed by atoms with Crippen LogP contribution in [0.15, 0.2) is 60.7 Å². The Kier molecular flexibility index (Phi) is 6.21. The summed E-state index contributed by atoms with van der Waals surface area (Å²) < 4.78 is 14.8. The predicted molar refractivity (Wildman–Crippen MR) is 109 cm³/mol. The van der Waals surface area contributed by atoms with E-state index >= 15 is 0 Å². The van der Waals surface area contributed by atoms with Gasteiger partial charge in [0, 0.05) is 18.7 Å². The second-order valence-corrected chi connectivity index (χ2v) is 7.09. The molecule has 0 bridgehead atoms. The largest absolute Gasteiger partial charge is 0.309 e. The SMILES string of the molecule is Cc1cc(NC(=O)CN(Cc2ccccc2)C(C)C)n(-c2ccc(F)cc2)n1. The standard InChI is InChI=1S/C22H25FN4O/c1-16(2)26(14-18-7-5-4-6-8-18)15-22(28)24-21-13-17(3)25-27(21)20-11-9-19(23)10-12-20/h4-13,16H,14-15H2,1-3H3,(H,24,28). The van der Waals surface area contributed by atoms with E-state index in [0.29, 0.717) is 18.1 Å². The third kappa shape index (κ3) is 5.04. The summed E-state index contributed by atoms with van der Waals surface area (Å²) in [6.45, 7) is 6.96. The number of carbonyl (C=O) groups is 1. The van der Waals surface area contributed by atoms with E-state index < -0.39 is 0 Å². The maximum atomic E-state index is 13.2. The molecule has 0 unspecified atom stereocenters. The first-order valence-electron chi connectivity index (χ1n) is 9.33. The molecule has 0 aliphatic heterocycles. The van der Waals surface area contributed by atoms with E-state index in [2.05, 4.69) is 41.3 Å². The second-order valence-electron chi connectivity index (χ2n) is 7.09. The number of halogens is 1. The molecule has 28 heavy (non-hydrogen) atoms. The normalized spacial score (nSPS) is 11.2. The minimum Gasteiger partial charge on any atom is -0.309 e. The Labute approximate surface area is 164 Å². The highest BCUT2D eigenvalue weighted by molar-refractivity contribution is 5.91. The summed E-state index contributed by atoms with van der Waals surface area (Å²) >= 11 is 0. The third-order valence-corrected chi connectivity index (χ3v) is 4.48. The maximum absolute atomic E-state index is 13.2. The molecule has 0 aliphatic carbocycles. The van der Waals surface area contributed by atoms with Crippen molar-refractivity contribution in [1.82, 2.24) is 14.7 Å². The number of hydrogen-bond donors (Lipinski definition) is 1. The first-order chi connectivity index (χ1) is 13.4. The van der Waals surface area contributed by atoms with Crippen molar-refractivity contribution >= 4 is 11.7 Å². The van der Waals surface area contributed by atoms with Gasteiger partial charge in [0.2, 0.25) is 5.91 Å². The van der Waals surface area contributed by atoms with Crippen LogP contribution in [0.3, 0.4) is 0 Å². The van der Waals surface area contributed by atoms with Gasteiger partial charge in [0.25, 0.3) is 0 Å². The summed E-state index contributed by atoms with van der Waals surface area (Å²) in [5.74, 6) is 0.136. The Morgan fingerprint density at radius 2 is 1.82 bits per heavy atom. The van der Waals surface area contributed by atoms with E-state index in [1.54, 1.807) is 22.9 Å². The van der Waals surface area contributed by atoms with Crippen molar-refractivity contribution in [1.29, 1.82) is 0 Å². The number of anilines is 1. The molecule has 0 aliphatic rings. The summed E-state index contributed by atoms with van der Waals surface area (Å²) in [7, 11) is 0. The molecule has 1 heterocycles. The molecule has 0 saturated carbocycles. The molecule has 3 aromatic rings. The summed E-state index contributed by atoms with van der Waals surface area (Å²) in [5.41, 5.74) is 2.62. The average Bonchev–Trinajstić information content (AvgIpc) is 3.02. The Morgan fingerprint density at radius 1 is 1.14 bits per heavy atom. The van der Waals surface area contributed by atoms with Gasteiger partial charge in [-0.1, -0.05) is 30.3 Å². The average molecular weight is 380 g/mol. The molecular formula is C22H25FN4O. The van der Waals surface area contributed by atoms with Gasteiger partial charge in [-0.2, -0.15) is 5.10 Å². The van der Waals surface area contributed by atoms with Gasteiger partial charge in [0.05, 0.1) is 17.9 Å². The highest BCUT2D eigenvalue weighted by Gasteiger charge is 2.17. The fourth-order valence-corrected chi connectivity index (χ4v) is 2.97. The molecule has 0 radical (unpaired) electrons. The predicted octanol–water partition coefficient (Wildman–Crippen LogP) is 4.17. The number of aryl methyl sites for hydroxylation is 1. The number of hydrogen-bond acceptors (Lipinski definition) is 3. The Hall–Kier alpha value is -2.99. The number of nitrogens with one attached hydrogen (secondary N) is 1. The fourth-order valence-electron chi connectivity index (χ4n) is 2.97. The first kappa shape index (κ1) is 19.8. The van der Waals surface area contributed by atoms with E-state index in [9.17, 15) is 9.18 Å². The van der Waals surface area contributed by atoms with Crippen LogP contribution >= 0.6 is 0 Å². The molecule has 0 fully saturated rings. The van der Waals surface area contributed by atoms with Crippen LogP contribution in [0.2, 0.25) is 0 Å². The summed E-state index contributed by atoms with van der Waals surface area (Å²) in [5, 5.41) is 7.35. The van der Waals surface area contributed by atoms with E-state index in [-0.39, 0.29) is 24.3 Å². The number of rotatable bonds is 7. The van der Waals surface area contributed by atoms with Crippen molar-refractivity contribution in [2.45, 2.75) is 33.4 Å². The first-order valence-corrected chi connectivity index (χ1v) is 9.33. The molecule has 146 valence electrons. The molecule has 0 spiro atoms. The van der Waals surface area contributed by atoms with Crippen LogP contribution in [0.25, 0.3) is 5.69 Å². The zero-order valence-electron chi connectivity index (χ0n) is 16.4. The van der Waals surface area contributed by atoms with Gasteiger partial charge in [-0.05, 0) is 50.6 Å². The van der Waals surface area contributed by atoms with Crippen molar-refractivity contribution < 1.29 is 9.18 Å². The van der Waals surface area contributed by atoms with Crippen molar-refractivity contribution in [3.05, 3.63) is 77.7 Å². The van der Waals surface area contributed by atoms with Gasteiger partial charge in [-0.25, -0.2) is 9.07 Å². The zero-order chi connectivity index (χ0) is 20.1. The van der Waals surface area contributed by atoms with Crippen molar-refractivity contribution in [2.75, 3.05) is 11.9 Å². The highest BCUT2D eigenvalue weighted by atomic mass is 19.1. The highest BCUT2D eigenvalue weighted by Crippen LogP contribution is 2.18. The molecule has 2 aromatic carbocycles. The monoisotopic (exact) mass is 380 g/mol. The smallest absolute Gasteiger partial charge is 0.239 e. The lowest BCUT2D eigenvalue weighted by Crippen LogP contribution is -2.37. The number of carbonyl (C=O) groups excluding carboxylic acids is 1. The molecule has 1 N–H and O–H groups in total. The fraction of sp³-hybridized carbons (Fsp3) is 0.273. The summed E-state index contributed by atoms with van der Waals surface area (Å²) in [6.07, 6.45) is 0. The van der Waals surface area contributed by atoms with Crippen LogP contribution < -0.4 is 5.32 Å². The summed E-state index contributed by atoms with van der Waals surface area (Å²) in [6, 6.07) is 18.1. The lowest BCUT2D eigenvalue weighted by atomic mass is 10.2. The molecule has 1 amide bonds. The van der Waals surface area contributed by atoms with Gasteiger partial charge in [0.15, 0.2) is 0 Å². The number of aromatic nitrogens is 2. The topological polar surface area (TPSA) is 50.2 Å². The van der Waals surface area contributed by atoms with Crippen LogP contribution in [0.1, 0.15) is 25.1 Å². The minimum absolute atomic E-state index is 0.118. The van der Waals surface area contributed by atoms with Crippen LogP contribution in [0.4, 0.5) is 10.2 Å². The lowest BCUT2D eigenvalue weighted by molar-refractivity contribution is -0.117. The lowest BCUT2D eigenvalue weighted by Gasteiger charge is -2.26. The van der Waals surface area contributed by atoms with Crippen LogP contribution in [-0.2, 0) is 11.3 Å². The van der Waals surface area contributed by atoms with Gasteiger partial charge in [0.1, 0.15) is 11.6 Å². The zero-order valence-corrected chi connectivity index (χ0v) is 16.4. The van der Waals surface area contributed by atoms with Gasteiger partial charge >= 0.3 is 0 Å². The summed E-state index contributed by atoms with van der Waals surface area (Å²) in [4.78, 5) is 14.8. The Morgan fingerprint density at radius 3 is 2.46 bits per heavy atom. The van der Waals surface area contributed by atoms with E-state index in [4.69, 9.17) is 0 Å². The molecule has 0 saturated heterocycles. The molecule has 1 aromatic heterocycles. The molecule has 0 atom stereocenters. The van der Waals surface area contributed by atoms with E-state index in [1.165, 1.54) is 12.1 Å². The molecule has 3 rings (SSSR count). The van der Waals surface area contributed by atoms with Gasteiger partial charge < -0.3 is 5.32 Å². The number of nitrogens with zero attached hydrogens (tertiary/aromatic N) is 3. The van der Waals surface area contributed by atoms with Gasteiger partial charge in [-0.15, -0.1) is 0 Å². The minimum atomic E-state index is -0.313. The second kappa shape index (κ2) is 8.80. The van der Waals surface area contributed by atoms with Crippen molar-refractivity contribution in [3.63, 3.8) is 0 Å². The van der Waals surface area contributed by atoms with Gasteiger partial charge in [-0.3, -0.25) is 9.69 Å². The van der Waals surface area contributed by atoms with Crippen LogP contribution in [0.5, 0.6) is 0 Å².